The molecule has 0 radical (unpaired) electrons. The monoisotopic (exact) mass is 368 g/mol. The summed E-state index contributed by atoms with van der Waals surface area (Å²) in [6, 6.07) is 3.90. The summed E-state index contributed by atoms with van der Waals surface area (Å²) in [5.41, 5.74) is 1.51. The Morgan fingerprint density at radius 2 is 2.11 bits per heavy atom. The van der Waals surface area contributed by atoms with Crippen LogP contribution in [0, 0.1) is 12.8 Å². The minimum absolute atomic E-state index is 0.362. The molecule has 1 aliphatic carbocycles. The van der Waals surface area contributed by atoms with Gasteiger partial charge in [0.2, 0.25) is 5.88 Å². The van der Waals surface area contributed by atoms with E-state index in [9.17, 15) is 4.79 Å². The van der Waals surface area contributed by atoms with Gasteiger partial charge in [-0.3, -0.25) is 4.98 Å². The second-order valence-corrected chi connectivity index (χ2v) is 6.64. The maximum Gasteiger partial charge on any atom is 0.365 e. The fraction of sp³-hybridized carbons (Fsp3) is 0.368. The van der Waals surface area contributed by atoms with Crippen molar-refractivity contribution in [2.24, 2.45) is 13.0 Å². The van der Waals surface area contributed by atoms with Crippen molar-refractivity contribution >= 4 is 0 Å². The summed E-state index contributed by atoms with van der Waals surface area (Å²) >= 11 is 0. The van der Waals surface area contributed by atoms with Gasteiger partial charge in [-0.05, 0) is 25.5 Å². The fourth-order valence-corrected chi connectivity index (χ4v) is 3.08. The van der Waals surface area contributed by atoms with Crippen molar-refractivity contribution in [3.05, 3.63) is 52.7 Å². The third kappa shape index (κ3) is 3.55. The number of nitrogens with zero attached hydrogens (tertiary/aromatic N) is 4. The fourth-order valence-electron chi connectivity index (χ4n) is 3.08. The molecule has 8 nitrogen and oxygen atoms in total. The molecule has 0 saturated heterocycles. The molecule has 0 amide bonds. The smallest absolute Gasteiger partial charge is 0.365 e. The first-order valence-electron chi connectivity index (χ1n) is 8.69. The van der Waals surface area contributed by atoms with E-state index in [-0.39, 0.29) is 0 Å². The minimum Gasteiger partial charge on any atom is -0.495 e. The van der Waals surface area contributed by atoms with E-state index in [1.807, 2.05) is 12.1 Å². The van der Waals surface area contributed by atoms with Gasteiger partial charge in [0.25, 0.3) is 0 Å². The van der Waals surface area contributed by atoms with Crippen molar-refractivity contribution in [3.8, 4) is 22.8 Å². The van der Waals surface area contributed by atoms with Crippen LogP contribution < -0.4 is 15.1 Å². The van der Waals surface area contributed by atoms with E-state index < -0.39 is 5.63 Å². The molecule has 1 saturated carbocycles. The topological polar surface area (TPSA) is 92.3 Å². The van der Waals surface area contributed by atoms with Crippen molar-refractivity contribution in [1.82, 2.24) is 19.7 Å². The maximum absolute atomic E-state index is 12.0. The average Bonchev–Trinajstić information content (AvgIpc) is 3.37. The summed E-state index contributed by atoms with van der Waals surface area (Å²) in [5.74, 6) is 2.45. The lowest BCUT2D eigenvalue weighted by atomic mass is 10.2. The highest BCUT2D eigenvalue weighted by Crippen LogP contribution is 2.47. The Labute approximate surface area is 155 Å². The van der Waals surface area contributed by atoms with E-state index in [1.54, 1.807) is 39.7 Å². The van der Waals surface area contributed by atoms with Crippen molar-refractivity contribution in [1.29, 1.82) is 0 Å². The van der Waals surface area contributed by atoms with E-state index in [0.717, 1.165) is 17.9 Å². The van der Waals surface area contributed by atoms with E-state index in [0.29, 0.717) is 41.3 Å². The summed E-state index contributed by atoms with van der Waals surface area (Å²) in [6.45, 7) is 2.28. The molecule has 1 aliphatic rings. The molecular weight excluding hydrogens is 348 g/mol. The third-order valence-corrected chi connectivity index (χ3v) is 4.65. The molecule has 2 atom stereocenters. The highest BCUT2D eigenvalue weighted by Gasteiger charge is 2.40. The second-order valence-electron chi connectivity index (χ2n) is 6.64. The Hall–Kier alpha value is -3.16. The zero-order valence-corrected chi connectivity index (χ0v) is 15.4. The first-order chi connectivity index (χ1) is 13.0. The molecule has 0 aromatic carbocycles. The first kappa shape index (κ1) is 17.3. The van der Waals surface area contributed by atoms with Gasteiger partial charge in [0, 0.05) is 30.8 Å². The van der Waals surface area contributed by atoms with Crippen LogP contribution in [0.1, 0.15) is 23.9 Å². The lowest BCUT2D eigenvalue weighted by Gasteiger charge is -2.09. The number of methoxy groups -OCH3 is 1. The summed E-state index contributed by atoms with van der Waals surface area (Å²) < 4.78 is 17.5. The number of pyridine rings is 1. The van der Waals surface area contributed by atoms with Crippen LogP contribution in [0.5, 0.6) is 11.6 Å². The number of hydrogen-bond acceptors (Lipinski definition) is 7. The standard InChI is InChI=1S/C19H20N4O4/c1-11-20-8-15(16-9-23(2)27-19(16)24)18(22-11)26-10-12-6-14(12)17-5-4-13(25-3)7-21-17/h4-5,7-9,12,14H,6,10H2,1-3H3. The van der Waals surface area contributed by atoms with Crippen LogP contribution in [-0.4, -0.2) is 33.4 Å². The van der Waals surface area contributed by atoms with Gasteiger partial charge in [0.15, 0.2) is 0 Å². The van der Waals surface area contributed by atoms with Crippen LogP contribution in [0.3, 0.4) is 0 Å². The molecule has 4 rings (SSSR count). The number of aromatic nitrogens is 4. The van der Waals surface area contributed by atoms with Crippen molar-refractivity contribution in [2.45, 2.75) is 19.3 Å². The van der Waals surface area contributed by atoms with Crippen LogP contribution in [0.15, 0.2) is 40.0 Å². The molecule has 0 spiro atoms. The van der Waals surface area contributed by atoms with Crippen LogP contribution in [0.4, 0.5) is 0 Å². The lowest BCUT2D eigenvalue weighted by molar-refractivity contribution is 0.283. The molecule has 140 valence electrons. The van der Waals surface area contributed by atoms with Crippen molar-refractivity contribution in [3.63, 3.8) is 0 Å². The number of aryl methyl sites for hydroxylation is 2. The molecular formula is C19H20N4O4. The maximum atomic E-state index is 12.0. The summed E-state index contributed by atoms with van der Waals surface area (Å²) in [7, 11) is 3.27. The SMILES string of the molecule is COc1ccc(C2CC2COc2nc(C)ncc2-c2cn(C)oc2=O)nc1. The van der Waals surface area contributed by atoms with Gasteiger partial charge in [-0.15, -0.1) is 0 Å². The molecule has 3 heterocycles. The minimum atomic E-state index is -0.443. The first-order valence-corrected chi connectivity index (χ1v) is 8.69. The molecule has 0 bridgehead atoms. The van der Waals surface area contributed by atoms with E-state index in [2.05, 4.69) is 15.0 Å². The van der Waals surface area contributed by atoms with Crippen LogP contribution >= 0.6 is 0 Å². The predicted octanol–water partition coefficient (Wildman–Crippen LogP) is 2.33. The van der Waals surface area contributed by atoms with Gasteiger partial charge >= 0.3 is 5.63 Å². The van der Waals surface area contributed by atoms with Gasteiger partial charge in [-0.2, -0.15) is 4.98 Å². The van der Waals surface area contributed by atoms with Gasteiger partial charge < -0.3 is 14.0 Å². The molecule has 2 unspecified atom stereocenters. The van der Waals surface area contributed by atoms with Crippen LogP contribution in [0.25, 0.3) is 11.1 Å². The van der Waals surface area contributed by atoms with Crippen LogP contribution in [0.2, 0.25) is 0 Å². The highest BCUT2D eigenvalue weighted by molar-refractivity contribution is 5.65. The summed E-state index contributed by atoms with van der Waals surface area (Å²) in [4.78, 5) is 25.0. The molecule has 3 aromatic heterocycles. The van der Waals surface area contributed by atoms with E-state index in [4.69, 9.17) is 14.0 Å². The zero-order valence-electron chi connectivity index (χ0n) is 15.4. The molecule has 27 heavy (non-hydrogen) atoms. The molecule has 1 fully saturated rings. The quantitative estimate of drug-likeness (QED) is 0.659. The number of ether oxygens (including phenoxy) is 2. The van der Waals surface area contributed by atoms with Gasteiger partial charge in [-0.1, -0.05) is 0 Å². The molecule has 0 N–H and O–H groups in total. The molecule has 0 aliphatic heterocycles. The summed E-state index contributed by atoms with van der Waals surface area (Å²) in [5, 5.41) is 0. The Balaban J connectivity index is 1.48. The van der Waals surface area contributed by atoms with Crippen molar-refractivity contribution < 1.29 is 14.0 Å². The van der Waals surface area contributed by atoms with Gasteiger partial charge in [0.1, 0.15) is 11.6 Å². The molecule has 8 heteroatoms. The van der Waals surface area contributed by atoms with Crippen molar-refractivity contribution in [2.75, 3.05) is 13.7 Å². The van der Waals surface area contributed by atoms with E-state index >= 15 is 0 Å². The van der Waals surface area contributed by atoms with Gasteiger partial charge in [0.05, 0.1) is 37.2 Å². The van der Waals surface area contributed by atoms with Gasteiger partial charge in [-0.25, -0.2) is 14.5 Å². The third-order valence-electron chi connectivity index (χ3n) is 4.65. The normalized spacial score (nSPS) is 18.3. The lowest BCUT2D eigenvalue weighted by Crippen LogP contribution is -2.07. The second kappa shape index (κ2) is 6.86. The Kier molecular flexibility index (Phi) is 4.39. The largest absolute Gasteiger partial charge is 0.495 e. The van der Waals surface area contributed by atoms with Crippen LogP contribution in [-0.2, 0) is 7.05 Å². The Morgan fingerprint density at radius 1 is 1.26 bits per heavy atom. The highest BCUT2D eigenvalue weighted by atomic mass is 16.5. The molecule has 3 aromatic rings. The Bertz CT molecular complexity index is 1010. The predicted molar refractivity (Wildman–Crippen MR) is 96.8 cm³/mol. The average molecular weight is 368 g/mol. The number of hydrogen-bond donors (Lipinski definition) is 0. The Morgan fingerprint density at radius 3 is 2.78 bits per heavy atom. The zero-order chi connectivity index (χ0) is 19.0. The number of rotatable bonds is 6. The summed E-state index contributed by atoms with van der Waals surface area (Å²) in [6.07, 6.45) is 5.93. The van der Waals surface area contributed by atoms with E-state index in [1.165, 1.54) is 4.74 Å².